The number of aryl methyl sites for hydroxylation is 1. The van der Waals surface area contributed by atoms with Gasteiger partial charge >= 0.3 is 0 Å². The molecular weight excluding hydrogens is 242 g/mol. The molecule has 6 heteroatoms. The van der Waals surface area contributed by atoms with Gasteiger partial charge in [0.1, 0.15) is 0 Å². The molecule has 1 N–H and O–H groups in total. The monoisotopic (exact) mass is 257 g/mol. The SMILES string of the molecule is CCn1cc(Cl)c(C(=O)NC[C@@H]2CCCO2)n1. The fourth-order valence-corrected chi connectivity index (χ4v) is 2.04. The zero-order chi connectivity index (χ0) is 12.3. The number of halogens is 1. The van der Waals surface area contributed by atoms with Crippen LogP contribution in [0.2, 0.25) is 5.02 Å². The molecule has 5 nitrogen and oxygen atoms in total. The second-order valence-corrected chi connectivity index (χ2v) is 4.43. The summed E-state index contributed by atoms with van der Waals surface area (Å²) < 4.78 is 7.06. The van der Waals surface area contributed by atoms with Crippen LogP contribution in [0.1, 0.15) is 30.3 Å². The predicted molar refractivity (Wildman–Crippen MR) is 64.2 cm³/mol. The molecule has 1 fully saturated rings. The Balaban J connectivity index is 1.91. The number of nitrogens with zero attached hydrogens (tertiary/aromatic N) is 2. The van der Waals surface area contributed by atoms with Crippen molar-refractivity contribution >= 4 is 17.5 Å². The van der Waals surface area contributed by atoms with E-state index in [1.54, 1.807) is 10.9 Å². The largest absolute Gasteiger partial charge is 0.376 e. The zero-order valence-electron chi connectivity index (χ0n) is 9.78. The van der Waals surface area contributed by atoms with Gasteiger partial charge in [0.25, 0.3) is 5.91 Å². The predicted octanol–water partition coefficient (Wildman–Crippen LogP) is 1.47. The Labute approximate surface area is 105 Å². The van der Waals surface area contributed by atoms with Crippen LogP contribution >= 0.6 is 11.6 Å². The molecule has 0 saturated carbocycles. The van der Waals surface area contributed by atoms with Crippen LogP contribution in [0.15, 0.2) is 6.20 Å². The first-order valence-corrected chi connectivity index (χ1v) is 6.21. The molecule has 0 unspecified atom stereocenters. The number of carbonyl (C=O) groups is 1. The maximum absolute atomic E-state index is 11.8. The molecule has 0 radical (unpaired) electrons. The van der Waals surface area contributed by atoms with Gasteiger partial charge in [0, 0.05) is 25.9 Å². The number of carbonyl (C=O) groups excluding carboxylic acids is 1. The lowest BCUT2D eigenvalue weighted by Gasteiger charge is -2.09. The fraction of sp³-hybridized carbons (Fsp3) is 0.636. The van der Waals surface area contributed by atoms with Crippen molar-refractivity contribution in [1.29, 1.82) is 0 Å². The van der Waals surface area contributed by atoms with Crippen LogP contribution in [0.5, 0.6) is 0 Å². The lowest BCUT2D eigenvalue weighted by molar-refractivity contribution is 0.0853. The topological polar surface area (TPSA) is 56.2 Å². The Kier molecular flexibility index (Phi) is 4.02. The molecule has 0 spiro atoms. The molecule has 0 aliphatic carbocycles. The maximum Gasteiger partial charge on any atom is 0.273 e. The van der Waals surface area contributed by atoms with Crippen LogP contribution in [0, 0.1) is 0 Å². The van der Waals surface area contributed by atoms with Gasteiger partial charge in [0.2, 0.25) is 0 Å². The number of hydrogen-bond donors (Lipinski definition) is 1. The number of aromatic nitrogens is 2. The van der Waals surface area contributed by atoms with Crippen molar-refractivity contribution in [2.75, 3.05) is 13.2 Å². The third-order valence-corrected chi connectivity index (χ3v) is 3.05. The molecule has 1 aliphatic heterocycles. The summed E-state index contributed by atoms with van der Waals surface area (Å²) in [4.78, 5) is 11.8. The molecule has 94 valence electrons. The first kappa shape index (κ1) is 12.4. The van der Waals surface area contributed by atoms with Crippen molar-refractivity contribution in [3.8, 4) is 0 Å². The van der Waals surface area contributed by atoms with E-state index < -0.39 is 0 Å². The van der Waals surface area contributed by atoms with Crippen molar-refractivity contribution in [1.82, 2.24) is 15.1 Å². The van der Waals surface area contributed by atoms with Gasteiger partial charge in [-0.1, -0.05) is 11.6 Å². The molecule has 0 bridgehead atoms. The van der Waals surface area contributed by atoms with E-state index in [0.717, 1.165) is 19.4 Å². The van der Waals surface area contributed by atoms with Crippen molar-refractivity contribution in [3.63, 3.8) is 0 Å². The van der Waals surface area contributed by atoms with Gasteiger partial charge in [-0.3, -0.25) is 9.48 Å². The highest BCUT2D eigenvalue weighted by Gasteiger charge is 2.19. The van der Waals surface area contributed by atoms with Crippen LogP contribution in [0.25, 0.3) is 0 Å². The van der Waals surface area contributed by atoms with E-state index in [0.29, 0.717) is 18.1 Å². The van der Waals surface area contributed by atoms with E-state index >= 15 is 0 Å². The Morgan fingerprint density at radius 2 is 2.59 bits per heavy atom. The number of hydrogen-bond acceptors (Lipinski definition) is 3. The summed E-state index contributed by atoms with van der Waals surface area (Å²) in [6, 6.07) is 0. The Hall–Kier alpha value is -1.07. The molecule has 1 aromatic rings. The highest BCUT2D eigenvalue weighted by Crippen LogP contribution is 2.14. The summed E-state index contributed by atoms with van der Waals surface area (Å²) in [5.41, 5.74) is 0.284. The first-order valence-electron chi connectivity index (χ1n) is 5.83. The zero-order valence-corrected chi connectivity index (χ0v) is 10.5. The van der Waals surface area contributed by atoms with Crippen molar-refractivity contribution in [2.45, 2.75) is 32.4 Å². The fourth-order valence-electron chi connectivity index (χ4n) is 1.81. The molecule has 1 amide bonds. The lowest BCUT2D eigenvalue weighted by atomic mass is 10.2. The van der Waals surface area contributed by atoms with Crippen molar-refractivity contribution in [2.24, 2.45) is 0 Å². The highest BCUT2D eigenvalue weighted by atomic mass is 35.5. The van der Waals surface area contributed by atoms with E-state index in [1.807, 2.05) is 6.92 Å². The summed E-state index contributed by atoms with van der Waals surface area (Å²) in [7, 11) is 0. The van der Waals surface area contributed by atoms with Crippen LogP contribution in [-0.4, -0.2) is 34.9 Å². The number of amides is 1. The highest BCUT2D eigenvalue weighted by molar-refractivity contribution is 6.33. The lowest BCUT2D eigenvalue weighted by Crippen LogP contribution is -2.32. The van der Waals surface area contributed by atoms with Gasteiger partial charge in [-0.05, 0) is 19.8 Å². The van der Waals surface area contributed by atoms with Gasteiger partial charge in [0.05, 0.1) is 11.1 Å². The van der Waals surface area contributed by atoms with Gasteiger partial charge in [-0.25, -0.2) is 0 Å². The molecule has 2 heterocycles. The second kappa shape index (κ2) is 5.51. The second-order valence-electron chi connectivity index (χ2n) is 4.03. The van der Waals surface area contributed by atoms with Crippen LogP contribution < -0.4 is 5.32 Å². The van der Waals surface area contributed by atoms with Gasteiger partial charge < -0.3 is 10.1 Å². The Bertz CT molecular complexity index is 399. The van der Waals surface area contributed by atoms with Gasteiger partial charge in [-0.15, -0.1) is 0 Å². The van der Waals surface area contributed by atoms with Crippen molar-refractivity contribution < 1.29 is 9.53 Å². The summed E-state index contributed by atoms with van der Waals surface area (Å²) in [5.74, 6) is -0.238. The van der Waals surface area contributed by atoms with E-state index in [-0.39, 0.29) is 17.7 Å². The van der Waals surface area contributed by atoms with E-state index in [2.05, 4.69) is 10.4 Å². The molecule has 1 atom stereocenters. The van der Waals surface area contributed by atoms with Gasteiger partial charge in [-0.2, -0.15) is 5.10 Å². The minimum absolute atomic E-state index is 0.131. The summed E-state index contributed by atoms with van der Waals surface area (Å²) >= 11 is 5.94. The smallest absolute Gasteiger partial charge is 0.273 e. The number of nitrogens with one attached hydrogen (secondary N) is 1. The number of rotatable bonds is 4. The molecule has 0 aromatic carbocycles. The first-order chi connectivity index (χ1) is 8.20. The van der Waals surface area contributed by atoms with E-state index in [4.69, 9.17) is 16.3 Å². The molecular formula is C11H16ClN3O2. The third kappa shape index (κ3) is 2.98. The quantitative estimate of drug-likeness (QED) is 0.889. The minimum atomic E-state index is -0.238. The Morgan fingerprint density at radius 1 is 1.76 bits per heavy atom. The van der Waals surface area contributed by atoms with E-state index in [9.17, 15) is 4.79 Å². The minimum Gasteiger partial charge on any atom is -0.376 e. The average Bonchev–Trinajstić information content (AvgIpc) is 2.94. The standard InChI is InChI=1S/C11H16ClN3O2/c1-2-15-7-9(12)10(14-15)11(16)13-6-8-4-3-5-17-8/h7-8H,2-6H2,1H3,(H,13,16)/t8-/m0/s1. The van der Waals surface area contributed by atoms with Crippen LogP contribution in [0.4, 0.5) is 0 Å². The molecule has 17 heavy (non-hydrogen) atoms. The summed E-state index contributed by atoms with van der Waals surface area (Å²) in [5, 5.41) is 7.29. The summed E-state index contributed by atoms with van der Waals surface area (Å²) in [6.45, 7) is 3.94. The van der Waals surface area contributed by atoms with Crippen LogP contribution in [-0.2, 0) is 11.3 Å². The van der Waals surface area contributed by atoms with Crippen LogP contribution in [0.3, 0.4) is 0 Å². The van der Waals surface area contributed by atoms with E-state index in [1.165, 1.54) is 0 Å². The Morgan fingerprint density at radius 3 is 3.18 bits per heavy atom. The maximum atomic E-state index is 11.8. The normalized spacial score (nSPS) is 19.5. The van der Waals surface area contributed by atoms with Crippen molar-refractivity contribution in [3.05, 3.63) is 16.9 Å². The van der Waals surface area contributed by atoms with Gasteiger partial charge in [0.15, 0.2) is 5.69 Å². The third-order valence-electron chi connectivity index (χ3n) is 2.77. The molecule has 1 aromatic heterocycles. The number of ether oxygens (including phenoxy) is 1. The molecule has 2 rings (SSSR count). The molecule has 1 aliphatic rings. The average molecular weight is 258 g/mol. The summed E-state index contributed by atoms with van der Waals surface area (Å²) in [6.07, 6.45) is 3.84. The molecule has 1 saturated heterocycles.